The van der Waals surface area contributed by atoms with Crippen molar-refractivity contribution in [2.45, 2.75) is 51.6 Å². The Morgan fingerprint density at radius 1 is 1.33 bits per heavy atom. The number of carbonyl (C=O) groups is 1. The van der Waals surface area contributed by atoms with Crippen LogP contribution in [0, 0.1) is 11.8 Å². The average molecular weight is 271 g/mol. The third-order valence-corrected chi connectivity index (χ3v) is 5.81. The fraction of sp³-hybridized carbons (Fsp3) is 0.929. The van der Waals surface area contributed by atoms with Gasteiger partial charge in [0, 0.05) is 30.1 Å². The first-order valence-corrected chi connectivity index (χ1v) is 8.28. The van der Waals surface area contributed by atoms with Gasteiger partial charge in [-0.3, -0.25) is 9.69 Å². The molecule has 1 aliphatic heterocycles. The molecule has 0 spiro atoms. The first-order valence-electron chi connectivity index (χ1n) is 7.13. The van der Waals surface area contributed by atoms with Gasteiger partial charge in [-0.1, -0.05) is 13.8 Å². The van der Waals surface area contributed by atoms with Gasteiger partial charge in [-0.15, -0.1) is 0 Å². The van der Waals surface area contributed by atoms with Crippen molar-refractivity contribution in [2.24, 2.45) is 11.8 Å². The zero-order valence-electron chi connectivity index (χ0n) is 11.5. The van der Waals surface area contributed by atoms with Crippen molar-refractivity contribution in [3.63, 3.8) is 0 Å². The number of nitrogens with zero attached hydrogens (tertiary/aromatic N) is 1. The van der Waals surface area contributed by atoms with Crippen LogP contribution in [0.3, 0.4) is 0 Å². The number of carboxylic acid groups (broad SMARTS) is 1. The van der Waals surface area contributed by atoms with E-state index in [0.717, 1.165) is 29.9 Å². The third-order valence-electron chi connectivity index (χ3n) is 4.72. The molecule has 1 aliphatic carbocycles. The molecular weight excluding hydrogens is 246 g/mol. The van der Waals surface area contributed by atoms with Crippen molar-refractivity contribution in [1.82, 2.24) is 4.90 Å². The van der Waals surface area contributed by atoms with Crippen LogP contribution >= 0.6 is 11.8 Å². The summed E-state index contributed by atoms with van der Waals surface area (Å²) in [4.78, 5) is 13.5. The number of hydrogen-bond acceptors (Lipinski definition) is 3. The number of rotatable bonds is 3. The van der Waals surface area contributed by atoms with Gasteiger partial charge < -0.3 is 5.11 Å². The van der Waals surface area contributed by atoms with Crippen LogP contribution in [-0.4, -0.2) is 46.1 Å². The molecule has 4 heteroatoms. The molecule has 2 fully saturated rings. The Bertz CT molecular complexity index is 298. The summed E-state index contributed by atoms with van der Waals surface area (Å²) in [6.45, 7) is 5.78. The van der Waals surface area contributed by atoms with Crippen molar-refractivity contribution in [2.75, 3.05) is 18.1 Å². The zero-order chi connectivity index (χ0) is 13.1. The molecule has 1 saturated carbocycles. The number of carboxylic acids is 1. The van der Waals surface area contributed by atoms with Gasteiger partial charge in [0.2, 0.25) is 0 Å². The van der Waals surface area contributed by atoms with E-state index in [9.17, 15) is 4.79 Å². The zero-order valence-corrected chi connectivity index (χ0v) is 12.3. The summed E-state index contributed by atoms with van der Waals surface area (Å²) in [5, 5.41) is 9.04. The molecule has 0 radical (unpaired) electrons. The molecule has 4 unspecified atom stereocenters. The first kappa shape index (κ1) is 14.2. The molecule has 0 bridgehead atoms. The summed E-state index contributed by atoms with van der Waals surface area (Å²) in [6, 6.07) is 0.883. The van der Waals surface area contributed by atoms with E-state index >= 15 is 0 Å². The highest BCUT2D eigenvalue weighted by Gasteiger charge is 2.34. The normalized spacial score (nSPS) is 38.6. The molecule has 0 aromatic carbocycles. The van der Waals surface area contributed by atoms with Crippen LogP contribution in [0.1, 0.15) is 39.5 Å². The summed E-state index contributed by atoms with van der Waals surface area (Å²) in [7, 11) is 0. The second-order valence-corrected chi connectivity index (χ2v) is 7.14. The number of aliphatic carboxylic acids is 1. The van der Waals surface area contributed by atoms with E-state index in [2.05, 4.69) is 18.7 Å². The van der Waals surface area contributed by atoms with Gasteiger partial charge in [0.1, 0.15) is 0 Å². The predicted molar refractivity (Wildman–Crippen MR) is 76.0 cm³/mol. The highest BCUT2D eigenvalue weighted by Crippen LogP contribution is 2.34. The molecule has 18 heavy (non-hydrogen) atoms. The van der Waals surface area contributed by atoms with Gasteiger partial charge in [0.15, 0.2) is 0 Å². The minimum absolute atomic E-state index is 0.256. The first-order chi connectivity index (χ1) is 8.58. The predicted octanol–water partition coefficient (Wildman–Crippen LogP) is 2.70. The van der Waals surface area contributed by atoms with Gasteiger partial charge >= 0.3 is 5.97 Å². The van der Waals surface area contributed by atoms with Crippen molar-refractivity contribution in [3.8, 4) is 0 Å². The lowest BCUT2D eigenvalue weighted by Gasteiger charge is -2.44. The Labute approximate surface area is 114 Å². The lowest BCUT2D eigenvalue weighted by Crippen LogP contribution is -2.51. The van der Waals surface area contributed by atoms with E-state index in [1.54, 1.807) is 0 Å². The minimum Gasteiger partial charge on any atom is -0.481 e. The second-order valence-electron chi connectivity index (χ2n) is 5.99. The summed E-state index contributed by atoms with van der Waals surface area (Å²) in [5.41, 5.74) is 0. The molecule has 0 aromatic rings. The molecular formula is C14H25NO2S. The largest absolute Gasteiger partial charge is 0.481 e. The summed E-state index contributed by atoms with van der Waals surface area (Å²) >= 11 is 1.91. The fourth-order valence-corrected chi connectivity index (χ4v) is 4.43. The molecule has 0 amide bonds. The topological polar surface area (TPSA) is 40.5 Å². The van der Waals surface area contributed by atoms with Gasteiger partial charge in [-0.05, 0) is 31.1 Å². The maximum atomic E-state index is 11.0. The van der Waals surface area contributed by atoms with E-state index in [1.165, 1.54) is 19.3 Å². The molecule has 3 nitrogen and oxygen atoms in total. The average Bonchev–Trinajstić information content (AvgIpc) is 2.33. The van der Waals surface area contributed by atoms with E-state index in [0.29, 0.717) is 12.5 Å². The van der Waals surface area contributed by atoms with Gasteiger partial charge in [-0.2, -0.15) is 11.8 Å². The van der Waals surface area contributed by atoms with Crippen LogP contribution < -0.4 is 0 Å². The second kappa shape index (κ2) is 6.29. The van der Waals surface area contributed by atoms with Crippen LogP contribution in [0.4, 0.5) is 0 Å². The van der Waals surface area contributed by atoms with Gasteiger partial charge in [0.25, 0.3) is 0 Å². The Balaban J connectivity index is 1.97. The lowest BCUT2D eigenvalue weighted by molar-refractivity contribution is -0.138. The molecule has 1 saturated heterocycles. The highest BCUT2D eigenvalue weighted by atomic mass is 32.2. The van der Waals surface area contributed by atoms with Crippen molar-refractivity contribution < 1.29 is 9.90 Å². The van der Waals surface area contributed by atoms with Crippen LogP contribution in [0.5, 0.6) is 0 Å². The Morgan fingerprint density at radius 3 is 2.78 bits per heavy atom. The molecule has 1 heterocycles. The van der Waals surface area contributed by atoms with Crippen molar-refractivity contribution in [1.29, 1.82) is 0 Å². The van der Waals surface area contributed by atoms with Crippen LogP contribution in [0.25, 0.3) is 0 Å². The third kappa shape index (κ3) is 3.41. The summed E-state index contributed by atoms with van der Waals surface area (Å²) in [5.74, 6) is 3.12. The van der Waals surface area contributed by atoms with Gasteiger partial charge in [0.05, 0.1) is 6.42 Å². The monoisotopic (exact) mass is 271 g/mol. The number of thioether (sulfide) groups is 1. The highest BCUT2D eigenvalue weighted by molar-refractivity contribution is 7.99. The van der Waals surface area contributed by atoms with E-state index in [4.69, 9.17) is 5.11 Å². The smallest absolute Gasteiger partial charge is 0.304 e. The quantitative estimate of drug-likeness (QED) is 0.857. The van der Waals surface area contributed by atoms with Crippen LogP contribution in [0.15, 0.2) is 0 Å². The SMILES string of the molecule is CC1CCC(N2CCSCC2CC(=O)O)CC1C. The van der Waals surface area contributed by atoms with Gasteiger partial charge in [-0.25, -0.2) is 0 Å². The molecule has 0 aromatic heterocycles. The van der Waals surface area contributed by atoms with Crippen LogP contribution in [0.2, 0.25) is 0 Å². The molecule has 104 valence electrons. The van der Waals surface area contributed by atoms with E-state index < -0.39 is 5.97 Å². The Morgan fingerprint density at radius 2 is 2.11 bits per heavy atom. The Hall–Kier alpha value is -0.220. The maximum Gasteiger partial charge on any atom is 0.304 e. The molecule has 2 aliphatic rings. The minimum atomic E-state index is -0.648. The van der Waals surface area contributed by atoms with E-state index in [1.807, 2.05) is 11.8 Å². The summed E-state index contributed by atoms with van der Waals surface area (Å²) in [6.07, 6.45) is 4.12. The number of hydrogen-bond donors (Lipinski definition) is 1. The van der Waals surface area contributed by atoms with E-state index in [-0.39, 0.29) is 6.04 Å². The molecule has 1 N–H and O–H groups in total. The molecule has 2 rings (SSSR count). The Kier molecular flexibility index (Phi) is 4.96. The van der Waals surface area contributed by atoms with Crippen molar-refractivity contribution >= 4 is 17.7 Å². The standard InChI is InChI=1S/C14H25NO2S/c1-10-3-4-12(7-11(10)2)15-5-6-18-9-13(15)8-14(16)17/h10-13H,3-9H2,1-2H3,(H,16,17). The maximum absolute atomic E-state index is 11.0. The van der Waals surface area contributed by atoms with Crippen molar-refractivity contribution in [3.05, 3.63) is 0 Å². The summed E-state index contributed by atoms with van der Waals surface area (Å²) < 4.78 is 0. The lowest BCUT2D eigenvalue weighted by atomic mass is 9.78. The fourth-order valence-electron chi connectivity index (χ4n) is 3.35. The van der Waals surface area contributed by atoms with Crippen LogP contribution in [-0.2, 0) is 4.79 Å². The molecule has 4 atom stereocenters.